The SMILES string of the molecule is Cc1ccc(OCc2cncc(F)c2)c(CNC2CC2)c1. The van der Waals surface area contributed by atoms with Gasteiger partial charge in [-0.2, -0.15) is 0 Å². The Morgan fingerprint density at radius 2 is 2.14 bits per heavy atom. The van der Waals surface area contributed by atoms with Crippen LogP contribution < -0.4 is 10.1 Å². The molecule has 3 rings (SSSR count). The first-order chi connectivity index (χ1) is 10.2. The second-order valence-electron chi connectivity index (χ2n) is 5.57. The van der Waals surface area contributed by atoms with E-state index in [9.17, 15) is 4.39 Å². The van der Waals surface area contributed by atoms with Gasteiger partial charge in [0.05, 0.1) is 6.20 Å². The van der Waals surface area contributed by atoms with Gasteiger partial charge in [0.25, 0.3) is 0 Å². The van der Waals surface area contributed by atoms with E-state index in [4.69, 9.17) is 4.74 Å². The van der Waals surface area contributed by atoms with Gasteiger partial charge in [-0.3, -0.25) is 4.98 Å². The molecule has 1 fully saturated rings. The number of pyridine rings is 1. The van der Waals surface area contributed by atoms with Crippen LogP contribution in [0, 0.1) is 12.7 Å². The van der Waals surface area contributed by atoms with E-state index in [0.717, 1.165) is 23.4 Å². The van der Waals surface area contributed by atoms with Crippen molar-refractivity contribution in [2.75, 3.05) is 0 Å². The minimum absolute atomic E-state index is 0.324. The standard InChI is InChI=1S/C17H19FN2O/c1-12-2-5-17(14(6-12)9-20-16-3-4-16)21-11-13-7-15(18)10-19-8-13/h2,5-8,10,16,20H,3-4,9,11H2,1H3. The number of ether oxygens (including phenoxy) is 1. The maximum Gasteiger partial charge on any atom is 0.141 e. The Morgan fingerprint density at radius 1 is 1.29 bits per heavy atom. The van der Waals surface area contributed by atoms with Gasteiger partial charge < -0.3 is 10.1 Å². The summed E-state index contributed by atoms with van der Waals surface area (Å²) in [6.07, 6.45) is 5.34. The molecule has 3 nitrogen and oxygen atoms in total. The van der Waals surface area contributed by atoms with E-state index >= 15 is 0 Å². The highest BCUT2D eigenvalue weighted by Gasteiger charge is 2.20. The number of aromatic nitrogens is 1. The van der Waals surface area contributed by atoms with Gasteiger partial charge in [-0.1, -0.05) is 17.7 Å². The zero-order valence-corrected chi connectivity index (χ0v) is 12.1. The summed E-state index contributed by atoms with van der Waals surface area (Å²) in [7, 11) is 0. The number of hydrogen-bond donors (Lipinski definition) is 1. The summed E-state index contributed by atoms with van der Waals surface area (Å²) in [5, 5.41) is 3.50. The number of benzene rings is 1. The molecule has 0 radical (unpaired) electrons. The predicted molar refractivity (Wildman–Crippen MR) is 79.6 cm³/mol. The third-order valence-corrected chi connectivity index (χ3v) is 3.53. The summed E-state index contributed by atoms with van der Waals surface area (Å²) < 4.78 is 19.0. The molecule has 0 unspecified atom stereocenters. The van der Waals surface area contributed by atoms with Crippen LogP contribution in [0.2, 0.25) is 0 Å². The molecule has 1 heterocycles. The molecule has 1 N–H and O–H groups in total. The van der Waals surface area contributed by atoms with Crippen LogP contribution in [0.25, 0.3) is 0 Å². The van der Waals surface area contributed by atoms with Crippen molar-refractivity contribution in [1.82, 2.24) is 10.3 Å². The molecule has 1 aromatic carbocycles. The van der Waals surface area contributed by atoms with E-state index in [1.165, 1.54) is 30.7 Å². The number of rotatable bonds is 6. The minimum Gasteiger partial charge on any atom is -0.489 e. The fourth-order valence-corrected chi connectivity index (χ4v) is 2.22. The van der Waals surface area contributed by atoms with Crippen LogP contribution in [0.4, 0.5) is 4.39 Å². The fourth-order valence-electron chi connectivity index (χ4n) is 2.22. The topological polar surface area (TPSA) is 34.1 Å². The van der Waals surface area contributed by atoms with Gasteiger partial charge in [0.2, 0.25) is 0 Å². The monoisotopic (exact) mass is 286 g/mol. The van der Waals surface area contributed by atoms with Crippen LogP contribution in [-0.2, 0) is 13.2 Å². The Hall–Kier alpha value is -1.94. The third kappa shape index (κ3) is 4.02. The lowest BCUT2D eigenvalue weighted by atomic mass is 10.1. The molecule has 0 aliphatic heterocycles. The third-order valence-electron chi connectivity index (χ3n) is 3.53. The number of nitrogens with zero attached hydrogens (tertiary/aromatic N) is 1. The fraction of sp³-hybridized carbons (Fsp3) is 0.353. The van der Waals surface area contributed by atoms with E-state index in [0.29, 0.717) is 12.6 Å². The number of aryl methyl sites for hydroxylation is 1. The summed E-state index contributed by atoms with van der Waals surface area (Å²) in [4.78, 5) is 3.83. The molecule has 110 valence electrons. The Kier molecular flexibility index (Phi) is 4.15. The lowest BCUT2D eigenvalue weighted by molar-refractivity contribution is 0.301. The Bertz CT molecular complexity index is 626. The van der Waals surface area contributed by atoms with Crippen LogP contribution >= 0.6 is 0 Å². The molecule has 0 bridgehead atoms. The molecule has 0 atom stereocenters. The summed E-state index contributed by atoms with van der Waals surface area (Å²) in [6.45, 7) is 3.20. The van der Waals surface area contributed by atoms with Crippen molar-refractivity contribution in [3.05, 3.63) is 59.2 Å². The smallest absolute Gasteiger partial charge is 0.141 e. The molecule has 1 aliphatic carbocycles. The van der Waals surface area contributed by atoms with Crippen molar-refractivity contribution < 1.29 is 9.13 Å². The Balaban J connectivity index is 1.68. The highest BCUT2D eigenvalue weighted by Crippen LogP contribution is 2.24. The molecule has 21 heavy (non-hydrogen) atoms. The molecule has 1 aromatic heterocycles. The van der Waals surface area contributed by atoms with Crippen LogP contribution in [0.15, 0.2) is 36.7 Å². The maximum absolute atomic E-state index is 13.1. The maximum atomic E-state index is 13.1. The second-order valence-corrected chi connectivity index (χ2v) is 5.57. The van der Waals surface area contributed by atoms with Gasteiger partial charge in [0.15, 0.2) is 0 Å². The molecular weight excluding hydrogens is 267 g/mol. The molecule has 2 aromatic rings. The van der Waals surface area contributed by atoms with E-state index in [1.807, 2.05) is 12.1 Å². The Labute approximate surface area is 124 Å². The first-order valence-corrected chi connectivity index (χ1v) is 7.26. The highest BCUT2D eigenvalue weighted by molar-refractivity contribution is 5.37. The van der Waals surface area contributed by atoms with E-state index in [-0.39, 0.29) is 5.82 Å². The number of hydrogen-bond acceptors (Lipinski definition) is 3. The van der Waals surface area contributed by atoms with Crippen molar-refractivity contribution >= 4 is 0 Å². The molecule has 4 heteroatoms. The minimum atomic E-state index is -0.337. The summed E-state index contributed by atoms with van der Waals surface area (Å²) in [6, 6.07) is 8.25. The van der Waals surface area contributed by atoms with Gasteiger partial charge in [0, 0.05) is 29.9 Å². The van der Waals surface area contributed by atoms with E-state index in [1.54, 1.807) is 6.20 Å². The molecule has 1 saturated carbocycles. The second kappa shape index (κ2) is 6.22. The summed E-state index contributed by atoms with van der Waals surface area (Å²) in [5.74, 6) is 0.508. The van der Waals surface area contributed by atoms with Crippen molar-refractivity contribution in [1.29, 1.82) is 0 Å². The molecule has 0 spiro atoms. The number of nitrogens with one attached hydrogen (secondary N) is 1. The van der Waals surface area contributed by atoms with Crippen LogP contribution in [-0.4, -0.2) is 11.0 Å². The average Bonchev–Trinajstić information content (AvgIpc) is 3.28. The van der Waals surface area contributed by atoms with Crippen LogP contribution in [0.1, 0.15) is 29.5 Å². The zero-order chi connectivity index (χ0) is 14.7. The highest BCUT2D eigenvalue weighted by atomic mass is 19.1. The van der Waals surface area contributed by atoms with Gasteiger partial charge in [0.1, 0.15) is 18.2 Å². The quantitative estimate of drug-likeness (QED) is 0.884. The first kappa shape index (κ1) is 14.0. The lowest BCUT2D eigenvalue weighted by Gasteiger charge is -2.13. The predicted octanol–water partition coefficient (Wildman–Crippen LogP) is 3.36. The largest absolute Gasteiger partial charge is 0.489 e. The summed E-state index contributed by atoms with van der Waals surface area (Å²) >= 11 is 0. The molecule has 0 amide bonds. The Morgan fingerprint density at radius 3 is 2.90 bits per heavy atom. The van der Waals surface area contributed by atoms with Gasteiger partial charge in [-0.05, 0) is 31.9 Å². The number of halogens is 1. The molecule has 1 aliphatic rings. The van der Waals surface area contributed by atoms with Crippen LogP contribution in [0.3, 0.4) is 0 Å². The van der Waals surface area contributed by atoms with E-state index in [2.05, 4.69) is 23.3 Å². The van der Waals surface area contributed by atoms with Crippen LogP contribution in [0.5, 0.6) is 5.75 Å². The average molecular weight is 286 g/mol. The molecular formula is C17H19FN2O. The van der Waals surface area contributed by atoms with Crippen molar-refractivity contribution in [3.63, 3.8) is 0 Å². The molecule has 0 saturated heterocycles. The lowest BCUT2D eigenvalue weighted by Crippen LogP contribution is -2.16. The van der Waals surface area contributed by atoms with Crippen molar-refractivity contribution in [2.45, 2.75) is 39.0 Å². The van der Waals surface area contributed by atoms with E-state index < -0.39 is 0 Å². The van der Waals surface area contributed by atoms with Crippen molar-refractivity contribution in [3.8, 4) is 5.75 Å². The van der Waals surface area contributed by atoms with Gasteiger partial charge in [-0.25, -0.2) is 4.39 Å². The zero-order valence-electron chi connectivity index (χ0n) is 12.1. The normalized spacial score (nSPS) is 14.2. The first-order valence-electron chi connectivity index (χ1n) is 7.26. The van der Waals surface area contributed by atoms with Crippen molar-refractivity contribution in [2.24, 2.45) is 0 Å². The van der Waals surface area contributed by atoms with Gasteiger partial charge in [-0.15, -0.1) is 0 Å². The summed E-state index contributed by atoms with van der Waals surface area (Å²) in [5.41, 5.74) is 3.09. The van der Waals surface area contributed by atoms with Gasteiger partial charge >= 0.3 is 0 Å².